The smallest absolute Gasteiger partial charge is 0.342 e. The van der Waals surface area contributed by atoms with Crippen molar-refractivity contribution >= 4 is 35.3 Å². The summed E-state index contributed by atoms with van der Waals surface area (Å²) < 4.78 is 11.0. The molecule has 0 aromatic heterocycles. The van der Waals surface area contributed by atoms with Crippen molar-refractivity contribution in [3.63, 3.8) is 0 Å². The van der Waals surface area contributed by atoms with Gasteiger partial charge in [0.1, 0.15) is 53.0 Å². The number of esters is 1. The Morgan fingerprint density at radius 1 is 1.06 bits per heavy atom. The van der Waals surface area contributed by atoms with E-state index in [9.17, 15) is 45.0 Å². The molecule has 0 unspecified atom stereocenters. The quantitative estimate of drug-likeness (QED) is 0.111. The number of ether oxygens (including phenoxy) is 2. The Balaban J connectivity index is 1.50. The summed E-state index contributed by atoms with van der Waals surface area (Å²) in [7, 11) is 0. The Morgan fingerprint density at radius 2 is 1.82 bits per heavy atom. The van der Waals surface area contributed by atoms with Gasteiger partial charge >= 0.3 is 5.97 Å². The number of nitrogens with zero attached hydrogens (tertiary/aromatic N) is 2. The summed E-state index contributed by atoms with van der Waals surface area (Å²) >= 11 is 0.900. The number of aromatic hydroxyl groups is 2. The number of phenolic OH excluding ortho intramolecular Hbond substituents is 2. The zero-order valence-electron chi connectivity index (χ0n) is 27.2. The molecule has 3 heterocycles. The molecule has 3 aliphatic heterocycles. The molecule has 15 nitrogen and oxygen atoms in total. The summed E-state index contributed by atoms with van der Waals surface area (Å²) in [5.41, 5.74) is -0.744. The third-order valence-electron chi connectivity index (χ3n) is 8.26. The number of nitrogens with one attached hydrogen (secondary N) is 1. The number of aliphatic hydroxyl groups excluding tert-OH is 4. The number of amides is 2. The first-order valence-electron chi connectivity index (χ1n) is 16.2. The molecule has 0 bridgehead atoms. The van der Waals surface area contributed by atoms with Gasteiger partial charge < -0.3 is 55.2 Å². The molecule has 0 radical (unpaired) electrons. The summed E-state index contributed by atoms with van der Waals surface area (Å²) in [6.45, 7) is 2.07. The zero-order chi connectivity index (χ0) is 35.5. The summed E-state index contributed by atoms with van der Waals surface area (Å²) in [6.07, 6.45) is 3.85. The van der Waals surface area contributed by atoms with Gasteiger partial charge in [0.2, 0.25) is 5.91 Å². The molecule has 4 rings (SSSR count). The summed E-state index contributed by atoms with van der Waals surface area (Å²) in [4.78, 5) is 45.9. The van der Waals surface area contributed by atoms with Crippen molar-refractivity contribution in [2.75, 3.05) is 32.1 Å². The van der Waals surface area contributed by atoms with E-state index in [4.69, 9.17) is 14.3 Å². The summed E-state index contributed by atoms with van der Waals surface area (Å²) in [5, 5.41) is 67.6. The Labute approximate surface area is 288 Å². The number of carbonyl (C=O) groups excluding carboxylic acids is 3. The number of carbonyl (C=O) groups is 3. The fraction of sp³-hybridized carbons (Fsp3) is 0.576. The molecule has 2 saturated heterocycles. The van der Waals surface area contributed by atoms with Crippen molar-refractivity contribution in [1.82, 2.24) is 10.2 Å². The summed E-state index contributed by atoms with van der Waals surface area (Å²) in [6, 6.07) is 1.80. The highest BCUT2D eigenvalue weighted by molar-refractivity contribution is 8.00. The second-order valence-electron chi connectivity index (χ2n) is 12.2. The van der Waals surface area contributed by atoms with Crippen LogP contribution in [0.4, 0.5) is 0 Å². The van der Waals surface area contributed by atoms with Gasteiger partial charge in [0.25, 0.3) is 5.91 Å². The Morgan fingerprint density at radius 3 is 2.55 bits per heavy atom. The number of likely N-dealkylation sites (tertiary alicyclic amines) is 1. The van der Waals surface area contributed by atoms with Crippen LogP contribution in [0.3, 0.4) is 0 Å². The average molecular weight is 708 g/mol. The van der Waals surface area contributed by atoms with E-state index < -0.39 is 66.2 Å². The lowest BCUT2D eigenvalue weighted by atomic mass is 9.99. The van der Waals surface area contributed by atoms with E-state index >= 15 is 0 Å². The van der Waals surface area contributed by atoms with Crippen LogP contribution in [-0.2, 0) is 30.3 Å². The molecule has 2 amide bonds. The SMILES string of the molecule is C[C@@H]1C/C=C/[C@@H](NC(=O)CS[C@@H]2O[C@H](CO)[C@@H](O)[C@H](O)[C@H]2O)C/C=C/C(=N/OCC(=O)N2CCCCC2)Cc2cc(O)cc(O)c2C(=O)O1. The van der Waals surface area contributed by atoms with E-state index in [1.165, 1.54) is 6.07 Å². The van der Waals surface area contributed by atoms with Crippen molar-refractivity contribution in [2.45, 2.75) is 87.4 Å². The lowest BCUT2D eigenvalue weighted by Crippen LogP contribution is -2.57. The predicted molar refractivity (Wildman–Crippen MR) is 178 cm³/mol. The molecule has 270 valence electrons. The highest BCUT2D eigenvalue weighted by Gasteiger charge is 2.43. The van der Waals surface area contributed by atoms with Crippen LogP contribution in [0.25, 0.3) is 0 Å². The number of rotatable bonds is 8. The molecular formula is C33H45N3O12S. The monoisotopic (exact) mass is 707 g/mol. The average Bonchev–Trinajstić information content (AvgIpc) is 3.06. The lowest BCUT2D eigenvalue weighted by molar-refractivity contribution is -0.205. The zero-order valence-corrected chi connectivity index (χ0v) is 28.0. The number of thioether (sulfide) groups is 1. The maximum absolute atomic E-state index is 13.2. The van der Waals surface area contributed by atoms with Crippen LogP contribution in [0.5, 0.6) is 11.5 Å². The number of hydrogen-bond acceptors (Lipinski definition) is 14. The number of hydrogen-bond donors (Lipinski definition) is 7. The maximum Gasteiger partial charge on any atom is 0.342 e. The molecule has 0 saturated carbocycles. The number of fused-ring (bicyclic) bond motifs is 1. The number of aliphatic hydroxyl groups is 4. The minimum absolute atomic E-state index is 0.0855. The molecule has 1 aromatic rings. The third kappa shape index (κ3) is 10.9. The van der Waals surface area contributed by atoms with E-state index in [-0.39, 0.29) is 60.1 Å². The summed E-state index contributed by atoms with van der Waals surface area (Å²) in [5.74, 6) is -2.39. The number of cyclic esters (lactones) is 1. The number of benzene rings is 1. The minimum atomic E-state index is -1.56. The van der Waals surface area contributed by atoms with E-state index in [0.717, 1.165) is 37.1 Å². The molecule has 7 atom stereocenters. The van der Waals surface area contributed by atoms with E-state index in [1.54, 1.807) is 36.1 Å². The van der Waals surface area contributed by atoms with Gasteiger partial charge in [-0.2, -0.15) is 0 Å². The number of piperidine rings is 1. The molecule has 2 fully saturated rings. The molecule has 1 aromatic carbocycles. The van der Waals surface area contributed by atoms with Gasteiger partial charge in [-0.3, -0.25) is 9.59 Å². The van der Waals surface area contributed by atoms with Gasteiger partial charge in [-0.05, 0) is 50.3 Å². The molecule has 7 N–H and O–H groups in total. The van der Waals surface area contributed by atoms with Crippen molar-refractivity contribution in [3.05, 3.63) is 47.6 Å². The van der Waals surface area contributed by atoms with Crippen LogP contribution in [0, 0.1) is 0 Å². The Hall–Kier alpha value is -3.67. The number of allylic oxidation sites excluding steroid dienone is 1. The second-order valence-corrected chi connectivity index (χ2v) is 13.3. The third-order valence-corrected chi connectivity index (χ3v) is 9.40. The fourth-order valence-electron chi connectivity index (χ4n) is 5.64. The topological polar surface area (TPSA) is 228 Å². The van der Waals surface area contributed by atoms with Crippen LogP contribution < -0.4 is 5.32 Å². The molecule has 3 aliphatic rings. The standard InChI is InChI=1S/C33H45N3O12S/c1-19-7-5-8-21(34-26(40)18-49-33-31(44)30(43)29(42)25(16-37)48-33)9-6-10-22(35-46-17-27(41)36-11-3-2-4-12-36)13-20-14-23(38)15-24(39)28(20)32(45)47-19/h5-6,8,10,14-15,19,21,25,29-31,33,37-39,42-44H,2-4,7,9,11-13,16-18H2,1H3,(H,34,40)/b8-5+,10-6+,35-22-/t19-,21-,25-,29-,30+,31-,33+/m1/s1. The lowest BCUT2D eigenvalue weighted by Gasteiger charge is -2.39. The van der Waals surface area contributed by atoms with Gasteiger partial charge in [-0.1, -0.05) is 23.4 Å². The van der Waals surface area contributed by atoms with Gasteiger partial charge in [-0.15, -0.1) is 11.8 Å². The van der Waals surface area contributed by atoms with E-state index in [0.29, 0.717) is 13.1 Å². The van der Waals surface area contributed by atoms with Crippen molar-refractivity contribution in [3.8, 4) is 11.5 Å². The van der Waals surface area contributed by atoms with Crippen LogP contribution >= 0.6 is 11.8 Å². The molecule has 49 heavy (non-hydrogen) atoms. The molecule has 0 aliphatic carbocycles. The van der Waals surface area contributed by atoms with Crippen molar-refractivity contribution in [1.29, 1.82) is 0 Å². The van der Waals surface area contributed by atoms with Crippen LogP contribution in [0.15, 0.2) is 41.6 Å². The van der Waals surface area contributed by atoms with Crippen LogP contribution in [0.1, 0.15) is 54.9 Å². The highest BCUT2D eigenvalue weighted by Crippen LogP contribution is 2.30. The maximum atomic E-state index is 13.2. The van der Waals surface area contributed by atoms with Gasteiger partial charge in [-0.25, -0.2) is 4.79 Å². The predicted octanol–water partition coefficient (Wildman–Crippen LogP) is 0.495. The fourth-order valence-corrected chi connectivity index (χ4v) is 6.62. The van der Waals surface area contributed by atoms with Gasteiger partial charge in [0.05, 0.1) is 24.1 Å². The first-order chi connectivity index (χ1) is 23.5. The van der Waals surface area contributed by atoms with Crippen molar-refractivity contribution in [2.24, 2.45) is 5.16 Å². The van der Waals surface area contributed by atoms with Crippen LogP contribution in [-0.4, -0.2) is 133 Å². The number of oxime groups is 1. The van der Waals surface area contributed by atoms with E-state index in [1.807, 2.05) is 0 Å². The largest absolute Gasteiger partial charge is 0.508 e. The minimum Gasteiger partial charge on any atom is -0.508 e. The Kier molecular flexibility index (Phi) is 14.3. The first-order valence-corrected chi connectivity index (χ1v) is 17.3. The molecule has 0 spiro atoms. The highest BCUT2D eigenvalue weighted by atomic mass is 32.2. The second kappa shape index (κ2) is 18.4. The van der Waals surface area contributed by atoms with Gasteiger partial charge in [0, 0.05) is 32.0 Å². The van der Waals surface area contributed by atoms with Crippen molar-refractivity contribution < 1.29 is 59.3 Å². The first kappa shape index (κ1) is 38.1. The van der Waals surface area contributed by atoms with Gasteiger partial charge in [0.15, 0.2) is 6.61 Å². The molecular weight excluding hydrogens is 662 g/mol. The van der Waals surface area contributed by atoms with E-state index in [2.05, 4.69) is 10.5 Å². The normalized spacial score (nSPS) is 30.4. The Bertz CT molecular complexity index is 1400. The molecule has 16 heteroatoms. The van der Waals surface area contributed by atoms with Crippen LogP contribution in [0.2, 0.25) is 0 Å². The number of phenols is 2.